The van der Waals surface area contributed by atoms with E-state index in [2.05, 4.69) is 21.4 Å². The number of aryl methyl sites for hydroxylation is 2. The molecule has 23 heavy (non-hydrogen) atoms. The predicted octanol–water partition coefficient (Wildman–Crippen LogP) is 3.94. The normalized spacial score (nSPS) is 23.5. The molecule has 1 N–H and O–H groups in total. The molecule has 1 amide bonds. The van der Waals surface area contributed by atoms with Gasteiger partial charge in [-0.15, -0.1) is 11.3 Å². The number of rotatable bonds is 3. The van der Waals surface area contributed by atoms with Crippen LogP contribution in [0.25, 0.3) is 0 Å². The molecule has 2 aliphatic carbocycles. The number of fused-ring (bicyclic) bond motifs is 1. The summed E-state index contributed by atoms with van der Waals surface area (Å²) in [7, 11) is 0. The highest BCUT2D eigenvalue weighted by Gasteiger charge is 2.44. The minimum Gasteiger partial charge on any atom is -0.302 e. The molecule has 0 aromatic carbocycles. The number of anilines is 1. The van der Waals surface area contributed by atoms with Crippen molar-refractivity contribution in [2.75, 3.05) is 5.32 Å². The Bertz CT molecular complexity index is 672. The lowest BCUT2D eigenvalue weighted by molar-refractivity contribution is -0.117. The van der Waals surface area contributed by atoms with Gasteiger partial charge in [0.2, 0.25) is 5.91 Å². The van der Waals surface area contributed by atoms with Crippen molar-refractivity contribution in [3.63, 3.8) is 0 Å². The molecule has 2 aromatic rings. The van der Waals surface area contributed by atoms with E-state index in [1.807, 2.05) is 12.3 Å². The van der Waals surface area contributed by atoms with Crippen molar-refractivity contribution >= 4 is 22.4 Å². The topological polar surface area (TPSA) is 54.9 Å². The molecule has 1 saturated carbocycles. The van der Waals surface area contributed by atoms with Crippen LogP contribution >= 0.6 is 11.3 Å². The largest absolute Gasteiger partial charge is 0.302 e. The van der Waals surface area contributed by atoms with Crippen molar-refractivity contribution in [3.8, 4) is 0 Å². The molecule has 0 saturated heterocycles. The van der Waals surface area contributed by atoms with E-state index in [4.69, 9.17) is 0 Å². The number of amides is 1. The summed E-state index contributed by atoms with van der Waals surface area (Å²) in [6, 6.07) is 3.99. The molecule has 4 nitrogen and oxygen atoms in total. The van der Waals surface area contributed by atoms with E-state index in [0.717, 1.165) is 24.4 Å². The molecule has 4 rings (SSSR count). The Morgan fingerprint density at radius 1 is 1.22 bits per heavy atom. The van der Waals surface area contributed by atoms with E-state index in [1.54, 1.807) is 17.5 Å². The average molecular weight is 327 g/mol. The lowest BCUT2D eigenvalue weighted by atomic mass is 10.0. The third-order valence-electron chi connectivity index (χ3n) is 4.82. The summed E-state index contributed by atoms with van der Waals surface area (Å²) >= 11 is 1.67. The lowest BCUT2D eigenvalue weighted by Gasteiger charge is -2.06. The first-order valence-corrected chi connectivity index (χ1v) is 9.32. The maximum Gasteiger partial charge on any atom is 0.229 e. The van der Waals surface area contributed by atoms with Crippen LogP contribution in [0.5, 0.6) is 0 Å². The summed E-state index contributed by atoms with van der Waals surface area (Å²) in [4.78, 5) is 22.6. The van der Waals surface area contributed by atoms with Crippen molar-refractivity contribution < 1.29 is 4.79 Å². The smallest absolute Gasteiger partial charge is 0.229 e. The Morgan fingerprint density at radius 3 is 2.91 bits per heavy atom. The zero-order valence-corrected chi connectivity index (χ0v) is 13.9. The second-order valence-corrected chi connectivity index (χ2v) is 7.61. The SMILES string of the molecule is O=C(Nc1nc2c(s1)CCCCCC2)C1CC1c1cccnc1. The first-order chi connectivity index (χ1) is 11.3. The van der Waals surface area contributed by atoms with Gasteiger partial charge in [0.25, 0.3) is 0 Å². The number of nitrogens with zero attached hydrogens (tertiary/aromatic N) is 2. The summed E-state index contributed by atoms with van der Waals surface area (Å²) in [5.74, 6) is 0.510. The molecule has 0 spiro atoms. The highest BCUT2D eigenvalue weighted by molar-refractivity contribution is 7.15. The Morgan fingerprint density at radius 2 is 2.09 bits per heavy atom. The molecule has 0 bridgehead atoms. The van der Waals surface area contributed by atoms with Crippen LogP contribution in [0, 0.1) is 5.92 Å². The predicted molar refractivity (Wildman–Crippen MR) is 91.7 cm³/mol. The first-order valence-electron chi connectivity index (χ1n) is 8.50. The van der Waals surface area contributed by atoms with E-state index < -0.39 is 0 Å². The fourth-order valence-electron chi connectivity index (χ4n) is 3.41. The van der Waals surface area contributed by atoms with Crippen molar-refractivity contribution in [2.24, 2.45) is 5.92 Å². The number of nitrogens with one attached hydrogen (secondary N) is 1. The van der Waals surface area contributed by atoms with Gasteiger partial charge in [0.05, 0.1) is 5.69 Å². The third kappa shape index (κ3) is 3.29. The van der Waals surface area contributed by atoms with Crippen LogP contribution in [-0.4, -0.2) is 15.9 Å². The number of pyridine rings is 1. The van der Waals surface area contributed by atoms with Gasteiger partial charge in [0.15, 0.2) is 5.13 Å². The molecule has 0 aliphatic heterocycles. The van der Waals surface area contributed by atoms with Crippen LogP contribution in [0.1, 0.15) is 54.2 Å². The van der Waals surface area contributed by atoms with Crippen molar-refractivity contribution in [3.05, 3.63) is 40.7 Å². The Kier molecular flexibility index (Phi) is 4.12. The van der Waals surface area contributed by atoms with Crippen LogP contribution in [0.2, 0.25) is 0 Å². The van der Waals surface area contributed by atoms with Gasteiger partial charge in [-0.05, 0) is 49.7 Å². The molecule has 1 fully saturated rings. The molecule has 2 heterocycles. The quantitative estimate of drug-likeness (QED) is 0.929. The Hall–Kier alpha value is -1.75. The van der Waals surface area contributed by atoms with E-state index in [-0.39, 0.29) is 11.8 Å². The molecular formula is C18H21N3OS. The van der Waals surface area contributed by atoms with E-state index in [1.165, 1.54) is 41.8 Å². The highest BCUT2D eigenvalue weighted by atomic mass is 32.1. The molecule has 120 valence electrons. The molecule has 2 aromatic heterocycles. The number of aromatic nitrogens is 2. The van der Waals surface area contributed by atoms with Gasteiger partial charge in [0.1, 0.15) is 0 Å². The molecule has 0 radical (unpaired) electrons. The zero-order valence-electron chi connectivity index (χ0n) is 13.1. The number of hydrogen-bond donors (Lipinski definition) is 1. The van der Waals surface area contributed by atoms with Gasteiger partial charge in [-0.2, -0.15) is 0 Å². The van der Waals surface area contributed by atoms with Crippen molar-refractivity contribution in [1.29, 1.82) is 0 Å². The molecule has 2 unspecified atom stereocenters. The molecular weight excluding hydrogens is 306 g/mol. The zero-order chi connectivity index (χ0) is 15.6. The summed E-state index contributed by atoms with van der Waals surface area (Å²) in [6.45, 7) is 0. The van der Waals surface area contributed by atoms with Gasteiger partial charge in [-0.1, -0.05) is 18.9 Å². The van der Waals surface area contributed by atoms with Gasteiger partial charge < -0.3 is 5.32 Å². The second-order valence-electron chi connectivity index (χ2n) is 6.53. The van der Waals surface area contributed by atoms with Crippen molar-refractivity contribution in [1.82, 2.24) is 9.97 Å². The highest BCUT2D eigenvalue weighted by Crippen LogP contribution is 2.47. The fourth-order valence-corrected chi connectivity index (χ4v) is 4.46. The molecule has 2 atom stereocenters. The molecule has 2 aliphatic rings. The van der Waals surface area contributed by atoms with Gasteiger partial charge in [0, 0.05) is 23.2 Å². The third-order valence-corrected chi connectivity index (χ3v) is 5.89. The summed E-state index contributed by atoms with van der Waals surface area (Å²) in [6.07, 6.45) is 11.8. The Balaban J connectivity index is 1.41. The minimum absolute atomic E-state index is 0.0747. The van der Waals surface area contributed by atoms with Crippen LogP contribution in [-0.2, 0) is 17.6 Å². The van der Waals surface area contributed by atoms with Crippen LogP contribution in [0.4, 0.5) is 5.13 Å². The van der Waals surface area contributed by atoms with Gasteiger partial charge in [-0.25, -0.2) is 4.98 Å². The van der Waals surface area contributed by atoms with Gasteiger partial charge in [-0.3, -0.25) is 9.78 Å². The van der Waals surface area contributed by atoms with Crippen LogP contribution < -0.4 is 5.32 Å². The van der Waals surface area contributed by atoms with Crippen LogP contribution in [0.15, 0.2) is 24.5 Å². The van der Waals surface area contributed by atoms with Crippen molar-refractivity contribution in [2.45, 2.75) is 50.9 Å². The maximum atomic E-state index is 12.4. The summed E-state index contributed by atoms with van der Waals surface area (Å²) < 4.78 is 0. The van der Waals surface area contributed by atoms with E-state index in [9.17, 15) is 4.79 Å². The summed E-state index contributed by atoms with van der Waals surface area (Å²) in [5, 5.41) is 3.84. The number of carbonyl (C=O) groups excluding carboxylic acids is 1. The fraction of sp³-hybridized carbons (Fsp3) is 0.500. The second kappa shape index (κ2) is 6.40. The molecule has 5 heteroatoms. The Labute approximate surface area is 140 Å². The number of carbonyl (C=O) groups is 1. The van der Waals surface area contributed by atoms with E-state index in [0.29, 0.717) is 5.92 Å². The monoisotopic (exact) mass is 327 g/mol. The number of thiazole rings is 1. The lowest BCUT2D eigenvalue weighted by Crippen LogP contribution is -2.14. The minimum atomic E-state index is 0.0747. The summed E-state index contributed by atoms with van der Waals surface area (Å²) in [5.41, 5.74) is 2.38. The van der Waals surface area contributed by atoms with Gasteiger partial charge >= 0.3 is 0 Å². The maximum absolute atomic E-state index is 12.4. The standard InChI is InChI=1S/C18H21N3OS/c22-17(14-10-13(14)12-6-5-9-19-11-12)21-18-20-15-7-3-1-2-4-8-16(15)23-18/h5-6,9,11,13-14H,1-4,7-8,10H2,(H,20,21,22). The average Bonchev–Trinajstić information content (AvgIpc) is 3.27. The number of hydrogen-bond acceptors (Lipinski definition) is 4. The van der Waals surface area contributed by atoms with Crippen LogP contribution in [0.3, 0.4) is 0 Å². The van der Waals surface area contributed by atoms with E-state index >= 15 is 0 Å². The first kappa shape index (κ1) is 14.8.